The minimum atomic E-state index is -0.303. The summed E-state index contributed by atoms with van der Waals surface area (Å²) in [4.78, 5) is 11.7. The van der Waals surface area contributed by atoms with Crippen LogP contribution in [-0.4, -0.2) is 30.3 Å². The van der Waals surface area contributed by atoms with E-state index in [1.165, 1.54) is 7.11 Å². The van der Waals surface area contributed by atoms with E-state index in [4.69, 9.17) is 14.6 Å². The van der Waals surface area contributed by atoms with E-state index >= 15 is 0 Å². The van der Waals surface area contributed by atoms with Crippen molar-refractivity contribution in [2.75, 3.05) is 13.7 Å². The number of ether oxygens (including phenoxy) is 2. The fourth-order valence-corrected chi connectivity index (χ4v) is 2.20. The van der Waals surface area contributed by atoms with E-state index in [1.807, 2.05) is 20.8 Å². The average Bonchev–Trinajstić information content (AvgIpc) is 2.34. The number of methoxy groups -OCH3 is 1. The number of aliphatic hydroxyl groups excluding tert-OH is 1. The number of rotatable bonds is 5. The van der Waals surface area contributed by atoms with Gasteiger partial charge in [-0.2, -0.15) is 0 Å². The molecule has 0 aliphatic rings. The van der Waals surface area contributed by atoms with Crippen LogP contribution >= 0.6 is 15.9 Å². The Morgan fingerprint density at radius 1 is 1.40 bits per heavy atom. The zero-order chi connectivity index (χ0) is 15.3. The predicted molar refractivity (Wildman–Crippen MR) is 80.0 cm³/mol. The maximum absolute atomic E-state index is 11.7. The first-order valence-electron chi connectivity index (χ1n) is 6.18. The molecule has 1 amide bonds. The normalized spacial score (nSPS) is 11.1. The molecular weight excluding hydrogens is 326 g/mol. The fraction of sp³-hybridized carbons (Fsp3) is 0.500. The van der Waals surface area contributed by atoms with Gasteiger partial charge in [-0.15, -0.1) is 0 Å². The number of benzene rings is 1. The van der Waals surface area contributed by atoms with Crippen molar-refractivity contribution in [3.63, 3.8) is 0 Å². The number of hydrogen-bond acceptors (Lipinski definition) is 4. The van der Waals surface area contributed by atoms with Crippen LogP contribution in [0.2, 0.25) is 0 Å². The molecule has 0 spiro atoms. The number of aliphatic hydroxyl groups is 1. The molecule has 0 saturated heterocycles. The Hall–Kier alpha value is -1.27. The zero-order valence-electron chi connectivity index (χ0n) is 12.1. The highest BCUT2D eigenvalue weighted by molar-refractivity contribution is 9.10. The van der Waals surface area contributed by atoms with Gasteiger partial charge >= 0.3 is 0 Å². The van der Waals surface area contributed by atoms with Crippen LogP contribution in [0.15, 0.2) is 16.6 Å². The quantitative estimate of drug-likeness (QED) is 0.858. The number of nitrogens with one attached hydrogen (secondary N) is 1. The van der Waals surface area contributed by atoms with Crippen molar-refractivity contribution in [3.05, 3.63) is 22.2 Å². The largest absolute Gasteiger partial charge is 0.493 e. The molecule has 0 unspecified atom stereocenters. The second-order valence-corrected chi connectivity index (χ2v) is 6.21. The molecule has 0 aromatic heterocycles. The summed E-state index contributed by atoms with van der Waals surface area (Å²) in [5, 5.41) is 11.9. The summed E-state index contributed by atoms with van der Waals surface area (Å²) in [6.07, 6.45) is 0. The molecule has 1 aromatic carbocycles. The lowest BCUT2D eigenvalue weighted by Gasteiger charge is -2.21. The van der Waals surface area contributed by atoms with Crippen molar-refractivity contribution in [1.29, 1.82) is 0 Å². The standard InChI is InChI=1S/C14H20BrNO4/c1-14(2,3)16-12(18)8-20-13-10(15)5-9(7-17)6-11(13)19-4/h5-6,17H,7-8H2,1-4H3,(H,16,18). The van der Waals surface area contributed by atoms with E-state index in [1.54, 1.807) is 12.1 Å². The van der Waals surface area contributed by atoms with Crippen LogP contribution in [0, 0.1) is 0 Å². The van der Waals surface area contributed by atoms with E-state index in [-0.39, 0.29) is 24.7 Å². The lowest BCUT2D eigenvalue weighted by Crippen LogP contribution is -2.43. The van der Waals surface area contributed by atoms with Crippen molar-refractivity contribution >= 4 is 21.8 Å². The molecule has 1 rings (SSSR count). The summed E-state index contributed by atoms with van der Waals surface area (Å²) in [6, 6.07) is 3.39. The third-order valence-electron chi connectivity index (χ3n) is 2.33. The van der Waals surface area contributed by atoms with Crippen molar-refractivity contribution in [2.45, 2.75) is 32.9 Å². The van der Waals surface area contributed by atoms with Crippen LogP contribution < -0.4 is 14.8 Å². The molecule has 0 radical (unpaired) electrons. The molecule has 112 valence electrons. The maximum atomic E-state index is 11.7. The Morgan fingerprint density at radius 3 is 2.55 bits per heavy atom. The summed E-state index contributed by atoms with van der Waals surface area (Å²) in [5.74, 6) is 0.693. The minimum Gasteiger partial charge on any atom is -0.493 e. The number of carbonyl (C=O) groups is 1. The van der Waals surface area contributed by atoms with Gasteiger partial charge in [0.15, 0.2) is 18.1 Å². The SMILES string of the molecule is COc1cc(CO)cc(Br)c1OCC(=O)NC(C)(C)C. The Labute approximate surface area is 127 Å². The Morgan fingerprint density at radius 2 is 2.05 bits per heavy atom. The molecule has 20 heavy (non-hydrogen) atoms. The summed E-state index contributed by atoms with van der Waals surface area (Å²) in [7, 11) is 1.50. The summed E-state index contributed by atoms with van der Waals surface area (Å²) in [5.41, 5.74) is 0.392. The molecule has 0 aliphatic heterocycles. The topological polar surface area (TPSA) is 67.8 Å². The molecular formula is C14H20BrNO4. The predicted octanol–water partition coefficient (Wildman–Crippen LogP) is 2.24. The lowest BCUT2D eigenvalue weighted by atomic mass is 10.1. The van der Waals surface area contributed by atoms with Crippen LogP contribution in [0.1, 0.15) is 26.3 Å². The van der Waals surface area contributed by atoms with Crippen molar-refractivity contribution in [2.24, 2.45) is 0 Å². The van der Waals surface area contributed by atoms with Gasteiger partial charge < -0.3 is 19.9 Å². The highest BCUT2D eigenvalue weighted by Gasteiger charge is 2.16. The highest BCUT2D eigenvalue weighted by Crippen LogP contribution is 2.36. The van der Waals surface area contributed by atoms with Gasteiger partial charge in [0.2, 0.25) is 0 Å². The highest BCUT2D eigenvalue weighted by atomic mass is 79.9. The smallest absolute Gasteiger partial charge is 0.258 e. The van der Waals surface area contributed by atoms with Gasteiger partial charge in [-0.25, -0.2) is 0 Å². The van der Waals surface area contributed by atoms with E-state index in [2.05, 4.69) is 21.2 Å². The Bertz CT molecular complexity index is 483. The maximum Gasteiger partial charge on any atom is 0.258 e. The van der Waals surface area contributed by atoms with Gasteiger partial charge in [0.25, 0.3) is 5.91 Å². The first-order valence-corrected chi connectivity index (χ1v) is 6.97. The van der Waals surface area contributed by atoms with Gasteiger partial charge in [-0.3, -0.25) is 4.79 Å². The fourth-order valence-electron chi connectivity index (χ4n) is 1.60. The van der Waals surface area contributed by atoms with Crippen LogP contribution in [0.3, 0.4) is 0 Å². The summed E-state index contributed by atoms with van der Waals surface area (Å²) < 4.78 is 11.3. The van der Waals surface area contributed by atoms with Crippen LogP contribution in [0.4, 0.5) is 0 Å². The molecule has 6 heteroatoms. The number of carbonyl (C=O) groups excluding carboxylic acids is 1. The summed E-state index contributed by atoms with van der Waals surface area (Å²) >= 11 is 3.34. The first kappa shape index (κ1) is 16.8. The van der Waals surface area contributed by atoms with E-state index in [9.17, 15) is 4.79 Å². The Kier molecular flexibility index (Phi) is 5.83. The monoisotopic (exact) mass is 345 g/mol. The van der Waals surface area contributed by atoms with Gasteiger partial charge in [0.05, 0.1) is 18.2 Å². The molecule has 0 aliphatic carbocycles. The second-order valence-electron chi connectivity index (χ2n) is 5.35. The molecule has 1 aromatic rings. The average molecular weight is 346 g/mol. The van der Waals surface area contributed by atoms with E-state index < -0.39 is 0 Å². The molecule has 0 atom stereocenters. The third kappa shape index (κ3) is 5.02. The molecule has 0 bridgehead atoms. The minimum absolute atomic E-state index is 0.0975. The van der Waals surface area contributed by atoms with Gasteiger partial charge in [-0.05, 0) is 54.4 Å². The van der Waals surface area contributed by atoms with Crippen molar-refractivity contribution in [3.8, 4) is 11.5 Å². The first-order chi connectivity index (χ1) is 9.26. The number of halogens is 1. The summed E-state index contributed by atoms with van der Waals surface area (Å²) in [6.45, 7) is 5.50. The Balaban J connectivity index is 2.80. The zero-order valence-corrected chi connectivity index (χ0v) is 13.7. The van der Waals surface area contributed by atoms with E-state index in [0.717, 1.165) is 0 Å². The van der Waals surface area contributed by atoms with Crippen LogP contribution in [0.25, 0.3) is 0 Å². The van der Waals surface area contributed by atoms with Crippen molar-refractivity contribution < 1.29 is 19.4 Å². The molecule has 0 saturated carbocycles. The molecule has 2 N–H and O–H groups in total. The lowest BCUT2D eigenvalue weighted by molar-refractivity contribution is -0.124. The van der Waals surface area contributed by atoms with Gasteiger partial charge in [0.1, 0.15) is 0 Å². The van der Waals surface area contributed by atoms with Gasteiger partial charge in [-0.1, -0.05) is 0 Å². The third-order valence-corrected chi connectivity index (χ3v) is 2.92. The molecule has 5 nitrogen and oxygen atoms in total. The molecule has 0 fully saturated rings. The number of amides is 1. The van der Waals surface area contributed by atoms with E-state index in [0.29, 0.717) is 21.5 Å². The van der Waals surface area contributed by atoms with Crippen LogP contribution in [0.5, 0.6) is 11.5 Å². The van der Waals surface area contributed by atoms with Crippen molar-refractivity contribution in [1.82, 2.24) is 5.32 Å². The number of hydrogen-bond donors (Lipinski definition) is 2. The second kappa shape index (κ2) is 6.95. The van der Waals surface area contributed by atoms with Gasteiger partial charge in [0, 0.05) is 5.54 Å². The van der Waals surface area contributed by atoms with Crippen LogP contribution in [-0.2, 0) is 11.4 Å². The molecule has 0 heterocycles.